The summed E-state index contributed by atoms with van der Waals surface area (Å²) in [6.45, 7) is 2.82. The summed E-state index contributed by atoms with van der Waals surface area (Å²) in [5.74, 6) is 0.167. The Kier molecular flexibility index (Phi) is 3.30. The number of aryl methyl sites for hydroxylation is 1. The number of carbonyl (C=O) groups is 1. The maximum atomic E-state index is 12.0. The van der Waals surface area contributed by atoms with Crippen LogP contribution in [0.4, 0.5) is 5.69 Å². The molecule has 0 saturated carbocycles. The van der Waals surface area contributed by atoms with Crippen molar-refractivity contribution < 1.29 is 4.79 Å². The monoisotopic (exact) mass is 282 g/mol. The van der Waals surface area contributed by atoms with Gasteiger partial charge in [0.15, 0.2) is 0 Å². The van der Waals surface area contributed by atoms with Gasteiger partial charge in [0, 0.05) is 16.7 Å². The Morgan fingerprint density at radius 3 is 2.75 bits per heavy atom. The molecule has 1 aliphatic rings. The predicted molar refractivity (Wildman–Crippen MR) is 68.7 cm³/mol. The van der Waals surface area contributed by atoms with Gasteiger partial charge < -0.3 is 10.2 Å². The Bertz CT molecular complexity index is 399. The number of nitrogens with one attached hydrogen (secondary N) is 1. The van der Waals surface area contributed by atoms with E-state index in [2.05, 4.69) is 21.2 Å². The summed E-state index contributed by atoms with van der Waals surface area (Å²) in [6, 6.07) is 6.04. The number of hydrogen-bond acceptors (Lipinski definition) is 2. The Morgan fingerprint density at radius 2 is 2.19 bits per heavy atom. The second-order valence-corrected chi connectivity index (χ2v) is 5.02. The van der Waals surface area contributed by atoms with Gasteiger partial charge in [0.1, 0.15) is 0 Å². The van der Waals surface area contributed by atoms with Gasteiger partial charge in [0.05, 0.1) is 6.04 Å². The predicted octanol–water partition coefficient (Wildman–Crippen LogP) is 2.08. The van der Waals surface area contributed by atoms with Crippen molar-refractivity contribution >= 4 is 27.5 Å². The van der Waals surface area contributed by atoms with Gasteiger partial charge in [0.25, 0.3) is 0 Å². The minimum absolute atomic E-state index is 0.0284. The Morgan fingerprint density at radius 1 is 1.44 bits per heavy atom. The van der Waals surface area contributed by atoms with Gasteiger partial charge in [-0.15, -0.1) is 0 Å². The van der Waals surface area contributed by atoms with Crippen LogP contribution in [-0.2, 0) is 4.79 Å². The average molecular weight is 283 g/mol. The number of carbonyl (C=O) groups excluding carboxylic acids is 1. The van der Waals surface area contributed by atoms with Crippen LogP contribution in [0.5, 0.6) is 0 Å². The lowest BCUT2D eigenvalue weighted by atomic mass is 10.2. The van der Waals surface area contributed by atoms with Crippen molar-refractivity contribution in [2.75, 3.05) is 18.5 Å². The topological polar surface area (TPSA) is 32.3 Å². The van der Waals surface area contributed by atoms with Crippen LogP contribution in [-0.4, -0.2) is 25.5 Å². The summed E-state index contributed by atoms with van der Waals surface area (Å²) < 4.78 is 1.02. The highest BCUT2D eigenvalue weighted by Gasteiger charge is 2.31. The molecule has 2 rings (SSSR count). The normalized spacial score (nSPS) is 20.6. The lowest BCUT2D eigenvalue weighted by molar-refractivity contribution is -0.118. The Hall–Kier alpha value is -0.870. The van der Waals surface area contributed by atoms with Gasteiger partial charge in [-0.3, -0.25) is 4.79 Å². The zero-order valence-electron chi connectivity index (χ0n) is 9.46. The van der Waals surface area contributed by atoms with E-state index < -0.39 is 0 Å². The van der Waals surface area contributed by atoms with Gasteiger partial charge >= 0.3 is 0 Å². The molecule has 1 unspecified atom stereocenters. The molecule has 0 spiro atoms. The SMILES string of the molecule is CNC1CCN(c2cc(C)cc(Br)c2)C1=O. The van der Waals surface area contributed by atoms with Crippen LogP contribution in [0.25, 0.3) is 0 Å². The van der Waals surface area contributed by atoms with Crippen molar-refractivity contribution in [1.29, 1.82) is 0 Å². The van der Waals surface area contributed by atoms with Crippen LogP contribution in [0.2, 0.25) is 0 Å². The number of hydrogen-bond donors (Lipinski definition) is 1. The van der Waals surface area contributed by atoms with Crippen LogP contribution in [0.3, 0.4) is 0 Å². The van der Waals surface area contributed by atoms with Gasteiger partial charge in [-0.05, 0) is 44.2 Å². The minimum Gasteiger partial charge on any atom is -0.311 e. The van der Waals surface area contributed by atoms with E-state index >= 15 is 0 Å². The number of halogens is 1. The molecule has 1 heterocycles. The van der Waals surface area contributed by atoms with Crippen molar-refractivity contribution in [1.82, 2.24) is 5.32 Å². The highest BCUT2D eigenvalue weighted by molar-refractivity contribution is 9.10. The number of likely N-dealkylation sites (N-methyl/N-ethyl adjacent to an activating group) is 1. The van der Waals surface area contributed by atoms with Gasteiger partial charge in [0.2, 0.25) is 5.91 Å². The lowest BCUT2D eigenvalue weighted by Gasteiger charge is -2.17. The molecule has 1 aliphatic heterocycles. The third kappa shape index (κ3) is 2.13. The standard InChI is InChI=1S/C12H15BrN2O/c1-8-5-9(13)7-10(6-8)15-4-3-11(14-2)12(15)16/h5-7,11,14H,3-4H2,1-2H3. The van der Waals surface area contributed by atoms with Crippen molar-refractivity contribution in [3.05, 3.63) is 28.2 Å². The second kappa shape index (κ2) is 4.55. The van der Waals surface area contributed by atoms with Crippen LogP contribution in [0.1, 0.15) is 12.0 Å². The fourth-order valence-electron chi connectivity index (χ4n) is 2.08. The first-order valence-electron chi connectivity index (χ1n) is 5.37. The largest absolute Gasteiger partial charge is 0.311 e. The summed E-state index contributed by atoms with van der Waals surface area (Å²) in [7, 11) is 1.83. The minimum atomic E-state index is -0.0284. The molecule has 0 aromatic heterocycles. The molecule has 0 radical (unpaired) electrons. The molecule has 1 amide bonds. The summed E-state index contributed by atoms with van der Waals surface area (Å²) >= 11 is 3.46. The first-order valence-corrected chi connectivity index (χ1v) is 6.17. The third-order valence-electron chi connectivity index (χ3n) is 2.89. The van der Waals surface area contributed by atoms with E-state index in [0.717, 1.165) is 28.7 Å². The van der Waals surface area contributed by atoms with E-state index in [1.54, 1.807) is 0 Å². The molecule has 4 heteroatoms. The number of benzene rings is 1. The van der Waals surface area contributed by atoms with Crippen molar-refractivity contribution in [2.24, 2.45) is 0 Å². The second-order valence-electron chi connectivity index (χ2n) is 4.11. The fraction of sp³-hybridized carbons (Fsp3) is 0.417. The first kappa shape index (κ1) is 11.6. The van der Waals surface area contributed by atoms with Crippen molar-refractivity contribution in [3.63, 3.8) is 0 Å². The summed E-state index contributed by atoms with van der Waals surface area (Å²) in [6.07, 6.45) is 0.876. The van der Waals surface area contributed by atoms with E-state index in [0.29, 0.717) is 0 Å². The molecular weight excluding hydrogens is 268 g/mol. The maximum Gasteiger partial charge on any atom is 0.244 e. The first-order chi connectivity index (χ1) is 7.61. The Labute approximate surface area is 104 Å². The zero-order valence-corrected chi connectivity index (χ0v) is 11.0. The quantitative estimate of drug-likeness (QED) is 0.901. The summed E-state index contributed by atoms with van der Waals surface area (Å²) in [4.78, 5) is 13.9. The van der Waals surface area contributed by atoms with Crippen LogP contribution in [0, 0.1) is 6.92 Å². The molecule has 1 saturated heterocycles. The average Bonchev–Trinajstić information content (AvgIpc) is 2.58. The highest BCUT2D eigenvalue weighted by Crippen LogP contribution is 2.26. The third-order valence-corrected chi connectivity index (χ3v) is 3.35. The zero-order chi connectivity index (χ0) is 11.7. The molecule has 0 bridgehead atoms. The number of amides is 1. The Balaban J connectivity index is 2.28. The molecule has 1 N–H and O–H groups in total. The molecule has 0 aliphatic carbocycles. The van der Waals surface area contributed by atoms with Crippen LogP contribution >= 0.6 is 15.9 Å². The van der Waals surface area contributed by atoms with E-state index in [1.807, 2.05) is 37.1 Å². The molecule has 16 heavy (non-hydrogen) atoms. The molecule has 3 nitrogen and oxygen atoms in total. The van der Waals surface area contributed by atoms with Crippen LogP contribution < -0.4 is 10.2 Å². The van der Waals surface area contributed by atoms with Crippen LogP contribution in [0.15, 0.2) is 22.7 Å². The van der Waals surface area contributed by atoms with E-state index in [1.165, 1.54) is 0 Å². The summed E-state index contributed by atoms with van der Waals surface area (Å²) in [5.41, 5.74) is 2.14. The highest BCUT2D eigenvalue weighted by atomic mass is 79.9. The van der Waals surface area contributed by atoms with E-state index in [-0.39, 0.29) is 11.9 Å². The maximum absolute atomic E-state index is 12.0. The lowest BCUT2D eigenvalue weighted by Crippen LogP contribution is -2.36. The molecule has 1 fully saturated rings. The molecular formula is C12H15BrN2O. The van der Waals surface area contributed by atoms with E-state index in [9.17, 15) is 4.79 Å². The van der Waals surface area contributed by atoms with Crippen molar-refractivity contribution in [2.45, 2.75) is 19.4 Å². The van der Waals surface area contributed by atoms with E-state index in [4.69, 9.17) is 0 Å². The molecule has 1 aromatic rings. The fourth-order valence-corrected chi connectivity index (χ4v) is 2.67. The molecule has 1 aromatic carbocycles. The van der Waals surface area contributed by atoms with Gasteiger partial charge in [-0.1, -0.05) is 15.9 Å². The van der Waals surface area contributed by atoms with Gasteiger partial charge in [-0.2, -0.15) is 0 Å². The smallest absolute Gasteiger partial charge is 0.244 e. The number of anilines is 1. The van der Waals surface area contributed by atoms with Gasteiger partial charge in [-0.25, -0.2) is 0 Å². The van der Waals surface area contributed by atoms with Crippen molar-refractivity contribution in [3.8, 4) is 0 Å². The number of nitrogens with zero attached hydrogens (tertiary/aromatic N) is 1. The molecule has 86 valence electrons. The summed E-state index contributed by atoms with van der Waals surface area (Å²) in [5, 5.41) is 3.04. The number of rotatable bonds is 2. The molecule has 1 atom stereocenters.